The number of likely N-dealkylation sites (tertiary alicyclic amines) is 1. The minimum Gasteiger partial charge on any atom is -0.481 e. The Labute approximate surface area is 165 Å². The summed E-state index contributed by atoms with van der Waals surface area (Å²) in [6.07, 6.45) is 6.87. The Bertz CT molecular complexity index is 782. The van der Waals surface area contributed by atoms with E-state index in [1.165, 1.54) is 5.56 Å². The van der Waals surface area contributed by atoms with Gasteiger partial charge in [-0.05, 0) is 42.7 Å². The van der Waals surface area contributed by atoms with E-state index in [2.05, 4.69) is 10.4 Å². The van der Waals surface area contributed by atoms with Gasteiger partial charge in [0.2, 0.25) is 0 Å². The standard InChI is InChI=1S/C21H28N4O3/c1-24-15-18(14-22-24)17-9-11-25(12-10-17)21(28)23-19(7-8-20(26)27)13-16-5-3-2-4-6-16/h2-6,14-15,17,19H,7-13H2,1H3,(H,23,28)(H,26,27). The van der Waals surface area contributed by atoms with E-state index >= 15 is 0 Å². The van der Waals surface area contributed by atoms with Crippen molar-refractivity contribution >= 4 is 12.0 Å². The molecule has 7 nitrogen and oxygen atoms in total. The number of nitrogens with zero attached hydrogens (tertiary/aromatic N) is 3. The molecule has 2 heterocycles. The van der Waals surface area contributed by atoms with Crippen LogP contribution in [0.4, 0.5) is 4.79 Å². The summed E-state index contributed by atoms with van der Waals surface area (Å²) in [5.74, 6) is -0.408. The van der Waals surface area contributed by atoms with E-state index in [1.807, 2.05) is 59.4 Å². The molecule has 1 aromatic heterocycles. The maximum atomic E-state index is 12.7. The Morgan fingerprint density at radius 3 is 2.57 bits per heavy atom. The monoisotopic (exact) mass is 384 g/mol. The van der Waals surface area contributed by atoms with Crippen molar-refractivity contribution in [1.82, 2.24) is 20.0 Å². The fourth-order valence-corrected chi connectivity index (χ4v) is 3.75. The summed E-state index contributed by atoms with van der Waals surface area (Å²) in [4.78, 5) is 25.6. The Morgan fingerprint density at radius 1 is 1.25 bits per heavy atom. The topological polar surface area (TPSA) is 87.5 Å². The van der Waals surface area contributed by atoms with Gasteiger partial charge in [0.05, 0.1) is 6.20 Å². The molecule has 1 aromatic carbocycles. The Hall–Kier alpha value is -2.83. The van der Waals surface area contributed by atoms with Gasteiger partial charge in [-0.15, -0.1) is 0 Å². The van der Waals surface area contributed by atoms with Crippen LogP contribution in [-0.2, 0) is 18.3 Å². The molecule has 1 atom stereocenters. The summed E-state index contributed by atoms with van der Waals surface area (Å²) in [6.45, 7) is 1.39. The molecule has 2 aromatic rings. The molecule has 0 radical (unpaired) electrons. The number of carboxylic acid groups (broad SMARTS) is 1. The summed E-state index contributed by atoms with van der Waals surface area (Å²) in [7, 11) is 1.91. The lowest BCUT2D eigenvalue weighted by Crippen LogP contribution is -2.48. The molecule has 2 N–H and O–H groups in total. The number of benzene rings is 1. The minimum atomic E-state index is -0.843. The SMILES string of the molecule is Cn1cc(C2CCN(C(=O)NC(CCC(=O)O)Cc3ccccc3)CC2)cn1. The average molecular weight is 384 g/mol. The molecule has 1 unspecified atom stereocenters. The van der Waals surface area contributed by atoms with Gasteiger partial charge in [0, 0.05) is 38.8 Å². The number of nitrogens with one attached hydrogen (secondary N) is 1. The number of aryl methyl sites for hydroxylation is 1. The van der Waals surface area contributed by atoms with Gasteiger partial charge in [0.25, 0.3) is 0 Å². The highest BCUT2D eigenvalue weighted by atomic mass is 16.4. The zero-order valence-corrected chi connectivity index (χ0v) is 16.3. The number of hydrogen-bond donors (Lipinski definition) is 2. The second-order valence-corrected chi connectivity index (χ2v) is 7.48. The highest BCUT2D eigenvalue weighted by molar-refractivity contribution is 5.75. The number of hydrogen-bond acceptors (Lipinski definition) is 3. The number of carboxylic acids is 1. The number of urea groups is 1. The number of rotatable bonds is 7. The predicted octanol–water partition coefficient (Wildman–Crippen LogP) is 2.79. The fraction of sp³-hybridized carbons (Fsp3) is 0.476. The van der Waals surface area contributed by atoms with E-state index < -0.39 is 5.97 Å². The van der Waals surface area contributed by atoms with E-state index in [9.17, 15) is 9.59 Å². The molecular formula is C21H28N4O3. The van der Waals surface area contributed by atoms with Gasteiger partial charge < -0.3 is 15.3 Å². The van der Waals surface area contributed by atoms with Crippen LogP contribution in [0.2, 0.25) is 0 Å². The van der Waals surface area contributed by atoms with Gasteiger partial charge in [-0.3, -0.25) is 9.48 Å². The van der Waals surface area contributed by atoms with Crippen molar-refractivity contribution < 1.29 is 14.7 Å². The summed E-state index contributed by atoms with van der Waals surface area (Å²) < 4.78 is 1.81. The van der Waals surface area contributed by atoms with Gasteiger partial charge in [-0.2, -0.15) is 5.10 Å². The van der Waals surface area contributed by atoms with Crippen molar-refractivity contribution in [2.75, 3.05) is 13.1 Å². The van der Waals surface area contributed by atoms with Crippen molar-refractivity contribution in [1.29, 1.82) is 0 Å². The van der Waals surface area contributed by atoms with Crippen molar-refractivity contribution in [3.8, 4) is 0 Å². The number of aliphatic carboxylic acids is 1. The van der Waals surface area contributed by atoms with Crippen LogP contribution < -0.4 is 5.32 Å². The van der Waals surface area contributed by atoms with E-state index in [0.29, 0.717) is 31.8 Å². The van der Waals surface area contributed by atoms with Crippen LogP contribution >= 0.6 is 0 Å². The van der Waals surface area contributed by atoms with Crippen LogP contribution in [0.25, 0.3) is 0 Å². The highest BCUT2D eigenvalue weighted by Crippen LogP contribution is 2.27. The second kappa shape index (κ2) is 9.39. The summed E-state index contributed by atoms with van der Waals surface area (Å²) in [5.41, 5.74) is 2.32. The molecule has 0 aliphatic carbocycles. The van der Waals surface area contributed by atoms with Crippen LogP contribution in [0.15, 0.2) is 42.7 Å². The van der Waals surface area contributed by atoms with Gasteiger partial charge in [-0.25, -0.2) is 4.79 Å². The Balaban J connectivity index is 1.54. The minimum absolute atomic E-state index is 0.0425. The van der Waals surface area contributed by atoms with Crippen LogP contribution in [0.3, 0.4) is 0 Å². The third-order valence-corrected chi connectivity index (χ3v) is 5.34. The van der Waals surface area contributed by atoms with E-state index in [1.54, 1.807) is 0 Å². The molecule has 2 amide bonds. The number of aromatic nitrogens is 2. The first-order valence-electron chi connectivity index (χ1n) is 9.81. The van der Waals surface area contributed by atoms with Crippen LogP contribution in [0.5, 0.6) is 0 Å². The third-order valence-electron chi connectivity index (χ3n) is 5.34. The molecule has 1 saturated heterocycles. The van der Waals surface area contributed by atoms with Gasteiger partial charge in [-0.1, -0.05) is 30.3 Å². The summed E-state index contributed by atoms with van der Waals surface area (Å²) >= 11 is 0. The molecular weight excluding hydrogens is 356 g/mol. The molecule has 0 spiro atoms. The summed E-state index contributed by atoms with van der Waals surface area (Å²) in [5, 5.41) is 16.3. The molecule has 1 fully saturated rings. The van der Waals surface area contributed by atoms with Gasteiger partial charge in [0.15, 0.2) is 0 Å². The first-order valence-corrected chi connectivity index (χ1v) is 9.81. The molecule has 0 saturated carbocycles. The average Bonchev–Trinajstić information content (AvgIpc) is 3.13. The molecule has 150 valence electrons. The highest BCUT2D eigenvalue weighted by Gasteiger charge is 2.26. The normalized spacial score (nSPS) is 16.0. The molecule has 7 heteroatoms. The quantitative estimate of drug-likeness (QED) is 0.768. The van der Waals surface area contributed by atoms with Gasteiger partial charge in [0.1, 0.15) is 0 Å². The zero-order chi connectivity index (χ0) is 19.9. The van der Waals surface area contributed by atoms with Crippen molar-refractivity contribution in [2.24, 2.45) is 7.05 Å². The molecule has 0 bridgehead atoms. The fourth-order valence-electron chi connectivity index (χ4n) is 3.75. The Kier molecular flexibility index (Phi) is 6.68. The first kappa shape index (κ1) is 19.9. The number of piperidine rings is 1. The van der Waals surface area contributed by atoms with Crippen LogP contribution in [0.1, 0.15) is 42.7 Å². The maximum absolute atomic E-state index is 12.7. The molecule has 28 heavy (non-hydrogen) atoms. The van der Waals surface area contributed by atoms with Gasteiger partial charge >= 0.3 is 12.0 Å². The van der Waals surface area contributed by atoms with Crippen LogP contribution in [-0.4, -0.2) is 50.9 Å². The molecule has 1 aliphatic rings. The predicted molar refractivity (Wildman–Crippen MR) is 106 cm³/mol. The largest absolute Gasteiger partial charge is 0.481 e. The van der Waals surface area contributed by atoms with Crippen molar-refractivity contribution in [3.05, 3.63) is 53.9 Å². The van der Waals surface area contributed by atoms with Crippen LogP contribution in [0, 0.1) is 0 Å². The molecule has 1 aliphatic heterocycles. The summed E-state index contributed by atoms with van der Waals surface area (Å²) in [6, 6.07) is 9.56. The second-order valence-electron chi connectivity index (χ2n) is 7.48. The molecule has 3 rings (SSSR count). The lowest BCUT2D eigenvalue weighted by Gasteiger charge is -2.33. The smallest absolute Gasteiger partial charge is 0.317 e. The lowest BCUT2D eigenvalue weighted by molar-refractivity contribution is -0.137. The number of amides is 2. The van der Waals surface area contributed by atoms with Crippen molar-refractivity contribution in [3.63, 3.8) is 0 Å². The zero-order valence-electron chi connectivity index (χ0n) is 16.3. The Morgan fingerprint density at radius 2 is 1.96 bits per heavy atom. The van der Waals surface area contributed by atoms with E-state index in [0.717, 1.165) is 18.4 Å². The lowest BCUT2D eigenvalue weighted by atomic mass is 9.92. The van der Waals surface area contributed by atoms with Crippen molar-refractivity contribution in [2.45, 2.75) is 44.1 Å². The van der Waals surface area contributed by atoms with E-state index in [-0.39, 0.29) is 18.5 Å². The third kappa shape index (κ3) is 5.58. The first-order chi connectivity index (χ1) is 13.5. The maximum Gasteiger partial charge on any atom is 0.317 e. The van der Waals surface area contributed by atoms with E-state index in [4.69, 9.17) is 5.11 Å². The number of carbonyl (C=O) groups excluding carboxylic acids is 1. The number of carbonyl (C=O) groups is 2.